The molecular formula is C27H29FN4O3S. The molecule has 0 saturated carbocycles. The van der Waals surface area contributed by atoms with E-state index < -0.39 is 17.8 Å². The maximum Gasteiger partial charge on any atom is 0.255 e. The maximum absolute atomic E-state index is 14.2. The van der Waals surface area contributed by atoms with Crippen LogP contribution in [0.3, 0.4) is 0 Å². The fraction of sp³-hybridized carbons (Fsp3) is 0.333. The van der Waals surface area contributed by atoms with Gasteiger partial charge in [-0.3, -0.25) is 14.4 Å². The molecule has 7 nitrogen and oxygen atoms in total. The number of hydrogen-bond donors (Lipinski definition) is 1. The zero-order valence-electron chi connectivity index (χ0n) is 20.4. The first-order chi connectivity index (χ1) is 17.3. The number of halogens is 1. The van der Waals surface area contributed by atoms with Crippen LogP contribution < -0.4 is 5.32 Å². The van der Waals surface area contributed by atoms with Crippen LogP contribution >= 0.6 is 11.3 Å². The van der Waals surface area contributed by atoms with Gasteiger partial charge in [-0.2, -0.15) is 0 Å². The molecule has 3 heterocycles. The molecule has 188 valence electrons. The molecule has 1 unspecified atom stereocenters. The summed E-state index contributed by atoms with van der Waals surface area (Å²) in [6.07, 6.45) is 3.87. The number of amides is 3. The predicted molar refractivity (Wildman–Crippen MR) is 138 cm³/mol. The number of aryl methyl sites for hydroxylation is 1. The number of hydrogen-bond acceptors (Lipinski definition) is 5. The summed E-state index contributed by atoms with van der Waals surface area (Å²) in [4.78, 5) is 46.9. The molecule has 1 N–H and O–H groups in total. The van der Waals surface area contributed by atoms with Gasteiger partial charge in [0.1, 0.15) is 18.4 Å². The normalized spacial score (nSPS) is 18.2. The molecule has 36 heavy (non-hydrogen) atoms. The second-order valence-electron chi connectivity index (χ2n) is 8.82. The van der Waals surface area contributed by atoms with Crippen LogP contribution in [-0.2, 0) is 20.9 Å². The smallest absolute Gasteiger partial charge is 0.255 e. The number of likely N-dealkylation sites (tertiary alicyclic amines) is 1. The van der Waals surface area contributed by atoms with Crippen molar-refractivity contribution in [3.05, 3.63) is 76.7 Å². The van der Waals surface area contributed by atoms with E-state index in [0.717, 1.165) is 21.7 Å². The van der Waals surface area contributed by atoms with Gasteiger partial charge in [0.25, 0.3) is 5.91 Å². The Kier molecular flexibility index (Phi) is 7.79. The molecular weight excluding hydrogens is 479 g/mol. The van der Waals surface area contributed by atoms with Gasteiger partial charge in [0.2, 0.25) is 11.8 Å². The fourth-order valence-corrected chi connectivity index (χ4v) is 5.43. The fourth-order valence-electron chi connectivity index (χ4n) is 4.62. The van der Waals surface area contributed by atoms with Crippen molar-refractivity contribution in [1.82, 2.24) is 20.1 Å². The molecule has 1 atom stereocenters. The lowest BCUT2D eigenvalue weighted by molar-refractivity contribution is -0.141. The van der Waals surface area contributed by atoms with E-state index in [0.29, 0.717) is 25.9 Å². The lowest BCUT2D eigenvalue weighted by Crippen LogP contribution is -2.49. The van der Waals surface area contributed by atoms with Crippen molar-refractivity contribution in [2.75, 3.05) is 19.6 Å². The van der Waals surface area contributed by atoms with Crippen molar-refractivity contribution in [3.63, 3.8) is 0 Å². The van der Waals surface area contributed by atoms with Crippen LogP contribution in [0.25, 0.3) is 10.4 Å². The van der Waals surface area contributed by atoms with Gasteiger partial charge < -0.3 is 15.1 Å². The topological polar surface area (TPSA) is 82.6 Å². The molecule has 3 amide bonds. The maximum atomic E-state index is 14.2. The van der Waals surface area contributed by atoms with Crippen molar-refractivity contribution in [3.8, 4) is 10.4 Å². The highest BCUT2D eigenvalue weighted by molar-refractivity contribution is 7.13. The molecule has 0 bridgehead atoms. The standard InChI is InChI=1S/C27H29FN4O3S/c1-4-20-21(22(28)5-2)14-31(27(20)35)15-24(33)32-12-6-7-23(32)26(34)29-13-18-8-10-19(11-9-18)25-17(3)30-16-36-25/h4-5,8-11,16,23H,1,6-7,12-15H2,2-3H3,(H,29,34)/b22-5+. The van der Waals surface area contributed by atoms with Gasteiger partial charge in [0.05, 0.1) is 22.6 Å². The summed E-state index contributed by atoms with van der Waals surface area (Å²) >= 11 is 1.59. The Morgan fingerprint density at radius 1 is 1.31 bits per heavy atom. The Balaban J connectivity index is 1.34. The van der Waals surface area contributed by atoms with Gasteiger partial charge in [-0.1, -0.05) is 43.0 Å². The van der Waals surface area contributed by atoms with E-state index in [2.05, 4.69) is 16.9 Å². The quantitative estimate of drug-likeness (QED) is 0.586. The van der Waals surface area contributed by atoms with Gasteiger partial charge in [-0.15, -0.1) is 11.3 Å². The third-order valence-electron chi connectivity index (χ3n) is 6.57. The number of nitrogens with zero attached hydrogens (tertiary/aromatic N) is 3. The number of nitrogens with one attached hydrogen (secondary N) is 1. The first kappa shape index (κ1) is 25.5. The lowest BCUT2D eigenvalue weighted by atomic mass is 10.1. The van der Waals surface area contributed by atoms with Gasteiger partial charge in [0.15, 0.2) is 0 Å². The van der Waals surface area contributed by atoms with E-state index in [4.69, 9.17) is 0 Å². The van der Waals surface area contributed by atoms with Crippen LogP contribution in [0.15, 0.2) is 65.5 Å². The first-order valence-electron chi connectivity index (χ1n) is 11.9. The van der Waals surface area contributed by atoms with Crippen molar-refractivity contribution in [2.45, 2.75) is 39.3 Å². The molecule has 1 aromatic heterocycles. The molecule has 0 radical (unpaired) electrons. The number of allylic oxidation sites excluding steroid dienone is 1. The SMILES string of the molecule is C=CC1=C(/C(F)=C\C)CN(CC(=O)N2CCCC2C(=O)NCc2ccc(-c3scnc3C)cc2)C1=O. The Hall–Kier alpha value is -3.59. The van der Waals surface area contributed by atoms with Crippen molar-refractivity contribution >= 4 is 29.1 Å². The summed E-state index contributed by atoms with van der Waals surface area (Å²) in [5.41, 5.74) is 5.25. The number of carbonyl (C=O) groups excluding carboxylic acids is 3. The monoisotopic (exact) mass is 508 g/mol. The van der Waals surface area contributed by atoms with Crippen molar-refractivity contribution < 1.29 is 18.8 Å². The van der Waals surface area contributed by atoms with E-state index in [1.165, 1.54) is 22.0 Å². The number of carbonyl (C=O) groups is 3. The third kappa shape index (κ3) is 5.16. The van der Waals surface area contributed by atoms with Crippen LogP contribution in [0.1, 0.15) is 31.0 Å². The summed E-state index contributed by atoms with van der Waals surface area (Å²) in [5.74, 6) is -1.47. The van der Waals surface area contributed by atoms with Crippen molar-refractivity contribution in [2.24, 2.45) is 0 Å². The molecule has 2 aliphatic heterocycles. The Bertz CT molecular complexity index is 1250. The number of thiazole rings is 1. The molecule has 2 aliphatic rings. The van der Waals surface area contributed by atoms with E-state index in [9.17, 15) is 18.8 Å². The Morgan fingerprint density at radius 3 is 2.69 bits per heavy atom. The average molecular weight is 509 g/mol. The zero-order chi connectivity index (χ0) is 25.8. The highest BCUT2D eigenvalue weighted by atomic mass is 32.1. The Labute approximate surface area is 214 Å². The van der Waals surface area contributed by atoms with Gasteiger partial charge in [-0.05, 0) is 37.8 Å². The van der Waals surface area contributed by atoms with E-state index in [1.54, 1.807) is 18.3 Å². The minimum Gasteiger partial charge on any atom is -0.350 e. The van der Waals surface area contributed by atoms with Crippen LogP contribution in [0, 0.1) is 6.92 Å². The van der Waals surface area contributed by atoms with Gasteiger partial charge >= 0.3 is 0 Å². The molecule has 1 aromatic carbocycles. The first-order valence-corrected chi connectivity index (χ1v) is 12.8. The minimum absolute atomic E-state index is 0.00383. The van der Waals surface area contributed by atoms with E-state index >= 15 is 0 Å². The minimum atomic E-state index is -0.590. The largest absolute Gasteiger partial charge is 0.350 e. The molecule has 1 fully saturated rings. The van der Waals surface area contributed by atoms with Crippen LogP contribution in [0.4, 0.5) is 4.39 Å². The van der Waals surface area contributed by atoms with Crippen LogP contribution in [0.5, 0.6) is 0 Å². The molecule has 0 aliphatic carbocycles. The average Bonchev–Trinajstić information content (AvgIpc) is 3.61. The van der Waals surface area contributed by atoms with Crippen LogP contribution in [-0.4, -0.2) is 58.2 Å². The third-order valence-corrected chi connectivity index (χ3v) is 7.55. The highest BCUT2D eigenvalue weighted by Crippen LogP contribution is 2.28. The summed E-state index contributed by atoms with van der Waals surface area (Å²) in [6, 6.07) is 7.37. The molecule has 1 saturated heterocycles. The second kappa shape index (κ2) is 11.0. The van der Waals surface area contributed by atoms with Crippen molar-refractivity contribution in [1.29, 1.82) is 0 Å². The lowest BCUT2D eigenvalue weighted by Gasteiger charge is -2.26. The van der Waals surface area contributed by atoms with E-state index in [-0.39, 0.29) is 36.1 Å². The summed E-state index contributed by atoms with van der Waals surface area (Å²) < 4.78 is 14.2. The molecule has 4 rings (SSSR count). The Morgan fingerprint density at radius 2 is 2.06 bits per heavy atom. The van der Waals surface area contributed by atoms with Gasteiger partial charge in [0, 0.05) is 24.2 Å². The number of aromatic nitrogens is 1. The second-order valence-corrected chi connectivity index (χ2v) is 9.68. The predicted octanol–water partition coefficient (Wildman–Crippen LogP) is 3.92. The molecule has 2 aromatic rings. The van der Waals surface area contributed by atoms with Gasteiger partial charge in [-0.25, -0.2) is 9.37 Å². The van der Waals surface area contributed by atoms with Crippen LogP contribution in [0.2, 0.25) is 0 Å². The summed E-state index contributed by atoms with van der Waals surface area (Å²) in [7, 11) is 0. The summed E-state index contributed by atoms with van der Waals surface area (Å²) in [5, 5.41) is 2.94. The molecule has 9 heteroatoms. The number of rotatable bonds is 8. The summed E-state index contributed by atoms with van der Waals surface area (Å²) in [6.45, 7) is 7.71. The highest BCUT2D eigenvalue weighted by Gasteiger charge is 2.37. The number of benzene rings is 1. The van der Waals surface area contributed by atoms with E-state index in [1.807, 2.05) is 36.7 Å². The molecule has 0 spiro atoms. The zero-order valence-corrected chi connectivity index (χ0v) is 21.2.